The van der Waals surface area contributed by atoms with Crippen molar-refractivity contribution in [1.82, 2.24) is 4.31 Å². The second-order valence-electron chi connectivity index (χ2n) is 5.84. The first-order chi connectivity index (χ1) is 12.4. The van der Waals surface area contributed by atoms with Gasteiger partial charge in [-0.25, -0.2) is 8.42 Å². The van der Waals surface area contributed by atoms with E-state index in [1.165, 1.54) is 24.3 Å². The van der Waals surface area contributed by atoms with Gasteiger partial charge in [-0.05, 0) is 43.2 Å². The zero-order valence-corrected chi connectivity index (χ0v) is 15.6. The van der Waals surface area contributed by atoms with Gasteiger partial charge in [-0.2, -0.15) is 9.57 Å². The Morgan fingerprint density at radius 2 is 1.92 bits per heavy atom. The number of nitrogens with one attached hydrogen (secondary N) is 1. The summed E-state index contributed by atoms with van der Waals surface area (Å²) in [4.78, 5) is 12.4. The smallest absolute Gasteiger partial charge is 0.243 e. The number of hydrogen-bond donors (Lipinski definition) is 1. The standard InChI is InChI=1S/C19H21N3O3S/c1-3-11-22(14-19(23)21-18-10-5-4-7-15(18)2)26(24,25)17-9-6-8-16(12-17)13-20/h4-10,12H,3,11,14H2,1-2H3,(H,21,23). The summed E-state index contributed by atoms with van der Waals surface area (Å²) in [5.74, 6) is -0.409. The summed E-state index contributed by atoms with van der Waals surface area (Å²) in [6.07, 6.45) is 0.564. The summed E-state index contributed by atoms with van der Waals surface area (Å²) in [6, 6.07) is 15.0. The van der Waals surface area contributed by atoms with Crippen LogP contribution in [0, 0.1) is 18.3 Å². The Kier molecular flexibility index (Phi) is 6.50. The molecule has 136 valence electrons. The molecule has 0 aliphatic rings. The summed E-state index contributed by atoms with van der Waals surface area (Å²) in [5, 5.41) is 11.7. The van der Waals surface area contributed by atoms with Gasteiger partial charge in [-0.1, -0.05) is 31.2 Å². The third kappa shape index (κ3) is 4.69. The van der Waals surface area contributed by atoms with Crippen LogP contribution in [0.15, 0.2) is 53.4 Å². The maximum Gasteiger partial charge on any atom is 0.243 e. The Bertz CT molecular complexity index is 933. The van der Waals surface area contributed by atoms with E-state index in [0.29, 0.717) is 12.1 Å². The maximum atomic E-state index is 12.9. The molecule has 1 N–H and O–H groups in total. The van der Waals surface area contributed by atoms with E-state index in [4.69, 9.17) is 5.26 Å². The van der Waals surface area contributed by atoms with Crippen LogP contribution < -0.4 is 5.32 Å². The molecule has 0 radical (unpaired) electrons. The fourth-order valence-corrected chi connectivity index (χ4v) is 4.01. The molecule has 0 atom stereocenters. The molecule has 0 heterocycles. The molecule has 0 bridgehead atoms. The molecule has 2 aromatic carbocycles. The summed E-state index contributed by atoms with van der Waals surface area (Å²) in [6.45, 7) is 3.62. The van der Waals surface area contributed by atoms with Gasteiger partial charge in [0.15, 0.2) is 0 Å². The molecule has 0 aliphatic carbocycles. The lowest BCUT2D eigenvalue weighted by Crippen LogP contribution is -2.38. The predicted molar refractivity (Wildman–Crippen MR) is 100 cm³/mol. The van der Waals surface area contributed by atoms with Crippen LogP contribution in [-0.2, 0) is 14.8 Å². The minimum atomic E-state index is -3.87. The number of benzene rings is 2. The zero-order valence-electron chi connectivity index (χ0n) is 14.8. The van der Waals surface area contributed by atoms with Gasteiger partial charge >= 0.3 is 0 Å². The number of aryl methyl sites for hydroxylation is 1. The van der Waals surface area contributed by atoms with E-state index < -0.39 is 15.9 Å². The summed E-state index contributed by atoms with van der Waals surface area (Å²) in [7, 11) is -3.87. The van der Waals surface area contributed by atoms with Crippen molar-refractivity contribution >= 4 is 21.6 Å². The number of rotatable bonds is 7. The zero-order chi connectivity index (χ0) is 19.2. The minimum absolute atomic E-state index is 0.00805. The average molecular weight is 371 g/mol. The topological polar surface area (TPSA) is 90.3 Å². The second-order valence-corrected chi connectivity index (χ2v) is 7.78. The number of para-hydroxylation sites is 1. The Labute approximate surface area is 154 Å². The normalized spacial score (nSPS) is 11.2. The molecule has 7 heteroatoms. The second kappa shape index (κ2) is 8.61. The third-order valence-corrected chi connectivity index (χ3v) is 5.65. The van der Waals surface area contributed by atoms with Crippen molar-refractivity contribution in [2.45, 2.75) is 25.2 Å². The molecule has 2 rings (SSSR count). The van der Waals surface area contributed by atoms with Gasteiger partial charge in [-0.15, -0.1) is 0 Å². The first-order valence-corrected chi connectivity index (χ1v) is 9.68. The van der Waals surface area contributed by atoms with Crippen molar-refractivity contribution in [3.05, 3.63) is 59.7 Å². The van der Waals surface area contributed by atoms with E-state index in [0.717, 1.165) is 9.87 Å². The molecule has 0 spiro atoms. The lowest BCUT2D eigenvalue weighted by molar-refractivity contribution is -0.116. The number of carbonyl (C=O) groups is 1. The lowest BCUT2D eigenvalue weighted by Gasteiger charge is -2.21. The summed E-state index contributed by atoms with van der Waals surface area (Å²) < 4.78 is 26.9. The van der Waals surface area contributed by atoms with Gasteiger partial charge in [0.25, 0.3) is 0 Å². The fraction of sp³-hybridized carbons (Fsp3) is 0.263. The first-order valence-electron chi connectivity index (χ1n) is 8.24. The monoisotopic (exact) mass is 371 g/mol. The number of sulfonamides is 1. The molecule has 2 aromatic rings. The van der Waals surface area contributed by atoms with E-state index in [9.17, 15) is 13.2 Å². The van der Waals surface area contributed by atoms with Crippen molar-refractivity contribution in [3.63, 3.8) is 0 Å². The number of hydrogen-bond acceptors (Lipinski definition) is 4. The van der Waals surface area contributed by atoms with Crippen LogP contribution in [0.5, 0.6) is 0 Å². The molecule has 0 saturated carbocycles. The maximum absolute atomic E-state index is 12.9. The van der Waals surface area contributed by atoms with Gasteiger partial charge < -0.3 is 5.32 Å². The highest BCUT2D eigenvalue weighted by Gasteiger charge is 2.26. The fourth-order valence-electron chi connectivity index (χ4n) is 2.47. The summed E-state index contributed by atoms with van der Waals surface area (Å²) >= 11 is 0. The number of amides is 1. The highest BCUT2D eigenvalue weighted by Crippen LogP contribution is 2.18. The van der Waals surface area contributed by atoms with Gasteiger partial charge in [0.1, 0.15) is 0 Å². The SMILES string of the molecule is CCCN(CC(=O)Nc1ccccc1C)S(=O)(=O)c1cccc(C#N)c1. The Balaban J connectivity index is 2.23. The molecular weight excluding hydrogens is 350 g/mol. The molecule has 1 amide bonds. The van der Waals surface area contributed by atoms with Crippen LogP contribution in [0.1, 0.15) is 24.5 Å². The largest absolute Gasteiger partial charge is 0.325 e. The Hall–Kier alpha value is -2.69. The number of carbonyl (C=O) groups excluding carboxylic acids is 1. The molecular formula is C19H21N3O3S. The number of nitriles is 1. The lowest BCUT2D eigenvalue weighted by atomic mass is 10.2. The molecule has 26 heavy (non-hydrogen) atoms. The van der Waals surface area contributed by atoms with Crippen LogP contribution in [-0.4, -0.2) is 31.7 Å². The van der Waals surface area contributed by atoms with Gasteiger partial charge in [-0.3, -0.25) is 4.79 Å². The van der Waals surface area contributed by atoms with Crippen molar-refractivity contribution in [1.29, 1.82) is 5.26 Å². The molecule has 0 unspecified atom stereocenters. The van der Waals surface area contributed by atoms with Crippen LogP contribution in [0.2, 0.25) is 0 Å². The van der Waals surface area contributed by atoms with Gasteiger partial charge in [0.2, 0.25) is 15.9 Å². The number of nitrogens with zero attached hydrogens (tertiary/aromatic N) is 2. The van der Waals surface area contributed by atoms with Crippen molar-refractivity contribution in [2.75, 3.05) is 18.4 Å². The van der Waals surface area contributed by atoms with Crippen LogP contribution in [0.3, 0.4) is 0 Å². The highest BCUT2D eigenvalue weighted by atomic mass is 32.2. The average Bonchev–Trinajstić information content (AvgIpc) is 2.63. The van der Waals surface area contributed by atoms with E-state index in [1.807, 2.05) is 32.0 Å². The quantitative estimate of drug-likeness (QED) is 0.810. The van der Waals surface area contributed by atoms with Crippen molar-refractivity contribution in [2.24, 2.45) is 0 Å². The predicted octanol–water partition coefficient (Wildman–Crippen LogP) is 2.91. The van der Waals surface area contributed by atoms with E-state index >= 15 is 0 Å². The molecule has 6 nitrogen and oxygen atoms in total. The molecule has 0 aromatic heterocycles. The molecule has 0 saturated heterocycles. The molecule has 0 fully saturated rings. The Morgan fingerprint density at radius 3 is 2.58 bits per heavy atom. The summed E-state index contributed by atoms with van der Waals surface area (Å²) in [5.41, 5.74) is 1.80. The third-order valence-electron chi connectivity index (χ3n) is 3.81. The van der Waals surface area contributed by atoms with Crippen LogP contribution >= 0.6 is 0 Å². The highest BCUT2D eigenvalue weighted by molar-refractivity contribution is 7.89. The van der Waals surface area contributed by atoms with E-state index in [1.54, 1.807) is 12.1 Å². The van der Waals surface area contributed by atoms with Gasteiger partial charge in [0.05, 0.1) is 23.1 Å². The first kappa shape index (κ1) is 19.6. The number of anilines is 1. The van der Waals surface area contributed by atoms with E-state index in [2.05, 4.69) is 5.32 Å². The van der Waals surface area contributed by atoms with Crippen LogP contribution in [0.25, 0.3) is 0 Å². The Morgan fingerprint density at radius 1 is 1.19 bits per heavy atom. The van der Waals surface area contributed by atoms with Crippen molar-refractivity contribution < 1.29 is 13.2 Å². The molecule has 0 aliphatic heterocycles. The minimum Gasteiger partial charge on any atom is -0.325 e. The van der Waals surface area contributed by atoms with E-state index in [-0.39, 0.29) is 23.5 Å². The van der Waals surface area contributed by atoms with Crippen molar-refractivity contribution in [3.8, 4) is 6.07 Å². The van der Waals surface area contributed by atoms with Crippen LogP contribution in [0.4, 0.5) is 5.69 Å². The van der Waals surface area contributed by atoms with Gasteiger partial charge in [0, 0.05) is 12.2 Å².